The van der Waals surface area contributed by atoms with Gasteiger partial charge in [-0.25, -0.2) is 0 Å². The minimum Gasteiger partial charge on any atom is -0.370 e. The molecule has 0 saturated heterocycles. The molecule has 1 aliphatic rings. The van der Waals surface area contributed by atoms with Crippen LogP contribution in [0.4, 0.5) is 0 Å². The Morgan fingerprint density at radius 1 is 1.00 bits per heavy atom. The number of aliphatic imine (C=N–C) groups is 1. The number of nitrogens with zero attached hydrogens (tertiary/aromatic N) is 1. The monoisotopic (exact) mass is 333 g/mol. The molecule has 2 aromatic rings. The van der Waals surface area contributed by atoms with Gasteiger partial charge in [0.25, 0.3) is 0 Å². The fourth-order valence-electron chi connectivity index (χ4n) is 3.45. The molecule has 0 spiro atoms. The van der Waals surface area contributed by atoms with Crippen LogP contribution in [0.3, 0.4) is 0 Å². The van der Waals surface area contributed by atoms with Crippen LogP contribution in [-0.4, -0.2) is 19.6 Å². The number of rotatable bonds is 5. The Morgan fingerprint density at radius 3 is 2.20 bits per heavy atom. The van der Waals surface area contributed by atoms with E-state index in [2.05, 4.69) is 64.9 Å². The first kappa shape index (κ1) is 17.3. The number of benzene rings is 2. The van der Waals surface area contributed by atoms with Crippen LogP contribution in [0.15, 0.2) is 59.6 Å². The number of allylic oxidation sites excluding steroid dienone is 1. The molecular formula is C22H27N3. The molecule has 0 saturated carbocycles. The summed E-state index contributed by atoms with van der Waals surface area (Å²) in [5, 5.41) is 3.12. The third-order valence-electron chi connectivity index (χ3n) is 4.81. The number of hydrogen-bond donors (Lipinski definition) is 2. The van der Waals surface area contributed by atoms with E-state index in [1.807, 2.05) is 0 Å². The Kier molecular flexibility index (Phi) is 5.89. The molecule has 3 nitrogen and oxygen atoms in total. The van der Waals surface area contributed by atoms with Crippen LogP contribution in [0.2, 0.25) is 0 Å². The molecule has 0 unspecified atom stereocenters. The van der Waals surface area contributed by atoms with Gasteiger partial charge in [0.2, 0.25) is 0 Å². The Morgan fingerprint density at radius 2 is 1.60 bits per heavy atom. The lowest BCUT2D eigenvalue weighted by atomic mass is 9.93. The third kappa shape index (κ3) is 4.30. The number of nitrogens with one attached hydrogen (secondary N) is 1. The third-order valence-corrected chi connectivity index (χ3v) is 4.81. The molecular weight excluding hydrogens is 306 g/mol. The maximum atomic E-state index is 5.66. The molecule has 130 valence electrons. The fourth-order valence-corrected chi connectivity index (χ4v) is 3.45. The van der Waals surface area contributed by atoms with Gasteiger partial charge < -0.3 is 11.1 Å². The maximum absolute atomic E-state index is 5.66. The Hall–Kier alpha value is -2.55. The highest BCUT2D eigenvalue weighted by atomic mass is 15.1. The first-order valence-electron chi connectivity index (χ1n) is 9.12. The van der Waals surface area contributed by atoms with Crippen LogP contribution < -0.4 is 11.1 Å². The molecule has 1 aliphatic carbocycles. The molecule has 3 rings (SSSR count). The number of unbranched alkanes of at least 4 members (excludes halogenated alkanes) is 2. The van der Waals surface area contributed by atoms with Gasteiger partial charge in [-0.3, -0.25) is 4.99 Å². The number of guanidine groups is 1. The largest absolute Gasteiger partial charge is 0.370 e. The SMILES string of the molecule is CN=C(N)NCCCCC=C1c2ccccc2CCc2ccccc21. The lowest BCUT2D eigenvalue weighted by molar-refractivity contribution is 0.717. The van der Waals surface area contributed by atoms with E-state index in [-0.39, 0.29) is 0 Å². The van der Waals surface area contributed by atoms with Crippen LogP contribution >= 0.6 is 0 Å². The van der Waals surface area contributed by atoms with Gasteiger partial charge in [0.1, 0.15) is 0 Å². The van der Waals surface area contributed by atoms with Crippen molar-refractivity contribution in [3.8, 4) is 0 Å². The second-order valence-corrected chi connectivity index (χ2v) is 6.46. The first-order chi connectivity index (χ1) is 12.3. The van der Waals surface area contributed by atoms with Crippen molar-refractivity contribution >= 4 is 11.5 Å². The zero-order valence-corrected chi connectivity index (χ0v) is 15.0. The van der Waals surface area contributed by atoms with Crippen molar-refractivity contribution < 1.29 is 0 Å². The highest BCUT2D eigenvalue weighted by Crippen LogP contribution is 2.33. The summed E-state index contributed by atoms with van der Waals surface area (Å²) < 4.78 is 0. The van der Waals surface area contributed by atoms with Gasteiger partial charge in [-0.15, -0.1) is 0 Å². The second-order valence-electron chi connectivity index (χ2n) is 6.46. The standard InChI is InChI=1S/C22H27N3/c1-24-22(23)25-16-8-2-3-13-21-19-11-6-4-9-17(19)14-15-18-10-5-7-12-20(18)21/h4-7,9-13H,2-3,8,14-16H2,1H3,(H3,23,24,25). The van der Waals surface area contributed by atoms with Crippen molar-refractivity contribution in [1.29, 1.82) is 0 Å². The van der Waals surface area contributed by atoms with E-state index in [4.69, 9.17) is 5.73 Å². The van der Waals surface area contributed by atoms with E-state index < -0.39 is 0 Å². The quantitative estimate of drug-likeness (QED) is 0.495. The van der Waals surface area contributed by atoms with Crippen LogP contribution in [-0.2, 0) is 12.8 Å². The number of nitrogens with two attached hydrogens (primary N) is 1. The summed E-state index contributed by atoms with van der Waals surface area (Å²) in [6, 6.07) is 17.7. The highest BCUT2D eigenvalue weighted by molar-refractivity contribution is 5.83. The number of hydrogen-bond acceptors (Lipinski definition) is 1. The molecule has 3 N–H and O–H groups in total. The van der Waals surface area contributed by atoms with E-state index >= 15 is 0 Å². The molecule has 0 aliphatic heterocycles. The van der Waals surface area contributed by atoms with Crippen molar-refractivity contribution in [2.45, 2.75) is 32.1 Å². The van der Waals surface area contributed by atoms with Crippen molar-refractivity contribution in [2.24, 2.45) is 10.7 Å². The molecule has 25 heavy (non-hydrogen) atoms. The summed E-state index contributed by atoms with van der Waals surface area (Å²) in [6.07, 6.45) is 7.94. The Balaban J connectivity index is 1.75. The van der Waals surface area contributed by atoms with Crippen LogP contribution in [0.1, 0.15) is 41.5 Å². The van der Waals surface area contributed by atoms with Gasteiger partial charge in [-0.1, -0.05) is 54.6 Å². The molecule has 0 bridgehead atoms. The van der Waals surface area contributed by atoms with Gasteiger partial charge in [0.15, 0.2) is 5.96 Å². The van der Waals surface area contributed by atoms with Crippen molar-refractivity contribution in [3.63, 3.8) is 0 Å². The van der Waals surface area contributed by atoms with Gasteiger partial charge in [-0.05, 0) is 59.9 Å². The van der Waals surface area contributed by atoms with Crippen molar-refractivity contribution in [3.05, 3.63) is 76.9 Å². The first-order valence-corrected chi connectivity index (χ1v) is 9.12. The Bertz CT molecular complexity index is 725. The molecule has 0 heterocycles. The van der Waals surface area contributed by atoms with Gasteiger partial charge in [0.05, 0.1) is 0 Å². The summed E-state index contributed by atoms with van der Waals surface area (Å²) in [5.74, 6) is 0.518. The average Bonchev–Trinajstić information content (AvgIpc) is 2.81. The summed E-state index contributed by atoms with van der Waals surface area (Å²) in [4.78, 5) is 3.91. The number of aryl methyl sites for hydroxylation is 2. The molecule has 0 fully saturated rings. The lowest BCUT2D eigenvalue weighted by Gasteiger charge is -2.12. The number of fused-ring (bicyclic) bond motifs is 2. The van der Waals surface area contributed by atoms with E-state index in [9.17, 15) is 0 Å². The van der Waals surface area contributed by atoms with Crippen LogP contribution in [0.25, 0.3) is 5.57 Å². The minimum atomic E-state index is 0.518. The summed E-state index contributed by atoms with van der Waals surface area (Å²) in [6.45, 7) is 0.875. The Labute approximate surface area is 150 Å². The van der Waals surface area contributed by atoms with E-state index in [1.165, 1.54) is 27.8 Å². The van der Waals surface area contributed by atoms with E-state index in [0.717, 1.165) is 38.6 Å². The maximum Gasteiger partial charge on any atom is 0.188 e. The van der Waals surface area contributed by atoms with Crippen LogP contribution in [0.5, 0.6) is 0 Å². The summed E-state index contributed by atoms with van der Waals surface area (Å²) in [5.41, 5.74) is 12.8. The molecule has 0 aromatic heterocycles. The van der Waals surface area contributed by atoms with E-state index in [1.54, 1.807) is 7.05 Å². The second kappa shape index (κ2) is 8.52. The van der Waals surface area contributed by atoms with Gasteiger partial charge in [0, 0.05) is 13.6 Å². The van der Waals surface area contributed by atoms with E-state index in [0.29, 0.717) is 5.96 Å². The van der Waals surface area contributed by atoms with Crippen LogP contribution in [0, 0.1) is 0 Å². The van der Waals surface area contributed by atoms with Gasteiger partial charge in [-0.2, -0.15) is 0 Å². The van der Waals surface area contributed by atoms with Gasteiger partial charge >= 0.3 is 0 Å². The molecule has 3 heteroatoms. The predicted molar refractivity (Wildman–Crippen MR) is 107 cm³/mol. The predicted octanol–water partition coefficient (Wildman–Crippen LogP) is 3.92. The minimum absolute atomic E-state index is 0.518. The van der Waals surface area contributed by atoms with Crippen molar-refractivity contribution in [2.75, 3.05) is 13.6 Å². The average molecular weight is 333 g/mol. The summed E-state index contributed by atoms with van der Waals surface area (Å²) >= 11 is 0. The lowest BCUT2D eigenvalue weighted by Crippen LogP contribution is -2.31. The fraction of sp³-hybridized carbons (Fsp3) is 0.318. The zero-order chi connectivity index (χ0) is 17.5. The molecule has 0 atom stereocenters. The normalized spacial score (nSPS) is 13.6. The molecule has 0 radical (unpaired) electrons. The molecule has 0 amide bonds. The van der Waals surface area contributed by atoms with Crippen molar-refractivity contribution in [1.82, 2.24) is 5.32 Å². The highest BCUT2D eigenvalue weighted by Gasteiger charge is 2.16. The smallest absolute Gasteiger partial charge is 0.188 e. The topological polar surface area (TPSA) is 50.4 Å². The summed E-state index contributed by atoms with van der Waals surface area (Å²) in [7, 11) is 1.70. The molecule has 2 aromatic carbocycles. The zero-order valence-electron chi connectivity index (χ0n) is 15.0.